The predicted octanol–water partition coefficient (Wildman–Crippen LogP) is 2.40. The highest BCUT2D eigenvalue weighted by molar-refractivity contribution is 6.30. The van der Waals surface area contributed by atoms with E-state index in [0.29, 0.717) is 30.2 Å². The van der Waals surface area contributed by atoms with Crippen LogP contribution in [-0.4, -0.2) is 60.9 Å². The van der Waals surface area contributed by atoms with Crippen LogP contribution in [-0.2, 0) is 11.3 Å². The fourth-order valence-corrected chi connectivity index (χ4v) is 3.44. The van der Waals surface area contributed by atoms with Gasteiger partial charge in [0.05, 0.1) is 18.9 Å². The summed E-state index contributed by atoms with van der Waals surface area (Å²) in [5.74, 6) is 0.400. The van der Waals surface area contributed by atoms with Crippen molar-refractivity contribution in [3.8, 4) is 5.75 Å². The average molecular weight is 406 g/mol. The van der Waals surface area contributed by atoms with E-state index in [-0.39, 0.29) is 11.8 Å². The van der Waals surface area contributed by atoms with Crippen molar-refractivity contribution in [2.24, 2.45) is 0 Å². The van der Waals surface area contributed by atoms with Crippen molar-refractivity contribution in [3.63, 3.8) is 0 Å². The van der Waals surface area contributed by atoms with Gasteiger partial charge in [-0.15, -0.1) is 0 Å². The molecule has 8 heteroatoms. The number of ether oxygens (including phenoxy) is 1. The number of nitrogens with one attached hydrogen (secondary N) is 1. The first-order valence-electron chi connectivity index (χ1n) is 9.14. The van der Waals surface area contributed by atoms with Crippen molar-refractivity contribution in [2.45, 2.75) is 19.5 Å². The van der Waals surface area contributed by atoms with Crippen molar-refractivity contribution in [1.82, 2.24) is 15.1 Å². The molecule has 1 fully saturated rings. The summed E-state index contributed by atoms with van der Waals surface area (Å²) in [6.45, 7) is 5.09. The van der Waals surface area contributed by atoms with Gasteiger partial charge in [-0.2, -0.15) is 0 Å². The number of piperazine rings is 1. The van der Waals surface area contributed by atoms with Crippen LogP contribution in [0.2, 0.25) is 5.02 Å². The number of carbonyl (C=O) groups is 2. The van der Waals surface area contributed by atoms with Crippen molar-refractivity contribution < 1.29 is 18.7 Å². The SMILES string of the molecule is COc1ccc(Cl)cc1CN1CCN(C(=O)C(C)NC(=O)c2ccoc2)CC1. The Labute approximate surface area is 169 Å². The molecular formula is C20H24ClN3O4. The Hall–Kier alpha value is -2.51. The minimum Gasteiger partial charge on any atom is -0.496 e. The lowest BCUT2D eigenvalue weighted by Gasteiger charge is -2.36. The summed E-state index contributed by atoms with van der Waals surface area (Å²) in [6.07, 6.45) is 2.78. The van der Waals surface area contributed by atoms with Crippen molar-refractivity contribution in [2.75, 3.05) is 33.3 Å². The van der Waals surface area contributed by atoms with Gasteiger partial charge in [-0.3, -0.25) is 14.5 Å². The number of carbonyl (C=O) groups excluding carboxylic acids is 2. The van der Waals surface area contributed by atoms with Gasteiger partial charge in [-0.1, -0.05) is 11.6 Å². The first-order valence-corrected chi connectivity index (χ1v) is 9.52. The summed E-state index contributed by atoms with van der Waals surface area (Å²) in [4.78, 5) is 28.8. The zero-order valence-electron chi connectivity index (χ0n) is 16.0. The molecule has 0 radical (unpaired) electrons. The number of hydrogen-bond acceptors (Lipinski definition) is 5. The van der Waals surface area contributed by atoms with Crippen LogP contribution >= 0.6 is 11.6 Å². The second-order valence-electron chi connectivity index (χ2n) is 6.76. The molecule has 0 spiro atoms. The van der Waals surface area contributed by atoms with Crippen LogP contribution in [0.5, 0.6) is 5.75 Å². The smallest absolute Gasteiger partial charge is 0.255 e. The predicted molar refractivity (Wildman–Crippen MR) is 105 cm³/mol. The zero-order chi connectivity index (χ0) is 20.1. The monoisotopic (exact) mass is 405 g/mol. The Morgan fingerprint density at radius 1 is 1.25 bits per heavy atom. The second-order valence-corrected chi connectivity index (χ2v) is 7.20. The molecule has 1 aromatic carbocycles. The maximum Gasteiger partial charge on any atom is 0.255 e. The van der Waals surface area contributed by atoms with Crippen molar-refractivity contribution in [1.29, 1.82) is 0 Å². The minimum absolute atomic E-state index is 0.0863. The molecule has 1 atom stereocenters. The highest BCUT2D eigenvalue weighted by Gasteiger charge is 2.26. The zero-order valence-corrected chi connectivity index (χ0v) is 16.7. The molecule has 1 aliphatic rings. The van der Waals surface area contributed by atoms with E-state index in [9.17, 15) is 9.59 Å². The van der Waals surface area contributed by atoms with E-state index in [1.54, 1.807) is 31.1 Å². The van der Waals surface area contributed by atoms with Gasteiger partial charge in [0.2, 0.25) is 5.91 Å². The quantitative estimate of drug-likeness (QED) is 0.798. The Morgan fingerprint density at radius 3 is 2.64 bits per heavy atom. The number of furan rings is 1. The molecule has 0 saturated carbocycles. The largest absolute Gasteiger partial charge is 0.496 e. The highest BCUT2D eigenvalue weighted by Crippen LogP contribution is 2.24. The molecule has 150 valence electrons. The first-order chi connectivity index (χ1) is 13.5. The summed E-state index contributed by atoms with van der Waals surface area (Å²) < 4.78 is 10.3. The molecule has 2 amide bonds. The molecule has 3 rings (SSSR count). The number of rotatable bonds is 6. The second kappa shape index (κ2) is 9.12. The molecule has 28 heavy (non-hydrogen) atoms. The van der Waals surface area contributed by atoms with Crippen LogP contribution in [0.4, 0.5) is 0 Å². The third kappa shape index (κ3) is 4.85. The van der Waals surface area contributed by atoms with Crippen LogP contribution in [0, 0.1) is 0 Å². The maximum atomic E-state index is 12.6. The minimum atomic E-state index is -0.595. The lowest BCUT2D eigenvalue weighted by Crippen LogP contribution is -2.53. The van der Waals surface area contributed by atoms with E-state index in [0.717, 1.165) is 24.4 Å². The van der Waals surface area contributed by atoms with Gasteiger partial charge in [0.15, 0.2) is 0 Å². The van der Waals surface area contributed by atoms with E-state index in [4.69, 9.17) is 20.8 Å². The molecule has 0 aliphatic carbocycles. The topological polar surface area (TPSA) is 75.0 Å². The third-order valence-corrected chi connectivity index (χ3v) is 5.06. The molecule has 2 heterocycles. The van der Waals surface area contributed by atoms with Crippen LogP contribution in [0.3, 0.4) is 0 Å². The summed E-state index contributed by atoms with van der Waals surface area (Å²) in [6, 6.07) is 6.55. The van der Waals surface area contributed by atoms with Gasteiger partial charge in [-0.05, 0) is 31.2 Å². The Kier molecular flexibility index (Phi) is 6.59. The highest BCUT2D eigenvalue weighted by atomic mass is 35.5. The summed E-state index contributed by atoms with van der Waals surface area (Å²) >= 11 is 6.10. The Morgan fingerprint density at radius 2 is 2.00 bits per heavy atom. The lowest BCUT2D eigenvalue weighted by atomic mass is 10.1. The van der Waals surface area contributed by atoms with Gasteiger partial charge < -0.3 is 19.4 Å². The van der Waals surface area contributed by atoms with E-state index >= 15 is 0 Å². The molecule has 2 aromatic rings. The molecule has 1 unspecified atom stereocenters. The van der Waals surface area contributed by atoms with E-state index in [2.05, 4.69) is 10.2 Å². The summed E-state index contributed by atoms with van der Waals surface area (Å²) in [7, 11) is 1.64. The standard InChI is InChI=1S/C20H24ClN3O4/c1-14(22-19(25)15-5-10-28-13-15)20(26)24-8-6-23(7-9-24)12-16-11-17(21)3-4-18(16)27-2/h3-5,10-11,13-14H,6-9,12H2,1-2H3,(H,22,25). The van der Waals surface area contributed by atoms with Gasteiger partial charge in [0.1, 0.15) is 18.1 Å². The molecule has 1 saturated heterocycles. The third-order valence-electron chi connectivity index (χ3n) is 4.82. The fourth-order valence-electron chi connectivity index (χ4n) is 3.25. The maximum absolute atomic E-state index is 12.6. The van der Waals surface area contributed by atoms with Gasteiger partial charge >= 0.3 is 0 Å². The molecule has 1 N–H and O–H groups in total. The molecule has 0 bridgehead atoms. The number of benzene rings is 1. The molecular weight excluding hydrogens is 382 g/mol. The van der Waals surface area contributed by atoms with E-state index in [1.807, 2.05) is 12.1 Å². The molecule has 1 aliphatic heterocycles. The Bertz CT molecular complexity index is 817. The Balaban J connectivity index is 1.51. The average Bonchev–Trinajstić information content (AvgIpc) is 3.23. The summed E-state index contributed by atoms with van der Waals surface area (Å²) in [5.41, 5.74) is 1.43. The number of amides is 2. The number of hydrogen-bond donors (Lipinski definition) is 1. The number of halogens is 1. The molecule has 1 aromatic heterocycles. The summed E-state index contributed by atoms with van der Waals surface area (Å²) in [5, 5.41) is 3.39. The van der Waals surface area contributed by atoms with Crippen LogP contribution in [0.1, 0.15) is 22.8 Å². The van der Waals surface area contributed by atoms with Gasteiger partial charge in [-0.25, -0.2) is 0 Å². The van der Waals surface area contributed by atoms with Crippen LogP contribution in [0.25, 0.3) is 0 Å². The van der Waals surface area contributed by atoms with Gasteiger partial charge in [0, 0.05) is 43.3 Å². The number of methoxy groups -OCH3 is 1. The molecule has 7 nitrogen and oxygen atoms in total. The first kappa shape index (κ1) is 20.2. The fraction of sp³-hybridized carbons (Fsp3) is 0.400. The van der Waals surface area contributed by atoms with Crippen LogP contribution < -0.4 is 10.1 Å². The van der Waals surface area contributed by atoms with Crippen molar-refractivity contribution in [3.05, 3.63) is 52.9 Å². The van der Waals surface area contributed by atoms with E-state index in [1.165, 1.54) is 12.5 Å². The normalized spacial score (nSPS) is 15.9. The van der Waals surface area contributed by atoms with E-state index < -0.39 is 6.04 Å². The lowest BCUT2D eigenvalue weighted by molar-refractivity contribution is -0.134. The van der Waals surface area contributed by atoms with Gasteiger partial charge in [0.25, 0.3) is 5.91 Å². The number of nitrogens with zero attached hydrogens (tertiary/aromatic N) is 2. The van der Waals surface area contributed by atoms with Crippen LogP contribution in [0.15, 0.2) is 41.2 Å². The van der Waals surface area contributed by atoms with Crippen molar-refractivity contribution >= 4 is 23.4 Å².